The SMILES string of the molecule is S=c1[nH]nc(-c2cc(-c3ccccc3)nn2-c2ccc(Cl)cc2)o1. The lowest BCUT2D eigenvalue weighted by Gasteiger charge is -2.04. The zero-order valence-corrected chi connectivity index (χ0v) is 13.9. The number of hydrogen-bond acceptors (Lipinski definition) is 4. The molecule has 2 aromatic carbocycles. The van der Waals surface area contributed by atoms with E-state index in [9.17, 15) is 0 Å². The standard InChI is InChI=1S/C17H11ClN4OS/c18-12-6-8-13(9-7-12)22-15(16-19-20-17(24)23-16)10-14(21-22)11-4-2-1-3-5-11/h1-10H,(H,20,24). The van der Waals surface area contributed by atoms with Crippen LogP contribution in [-0.2, 0) is 0 Å². The third kappa shape index (κ3) is 2.77. The van der Waals surface area contributed by atoms with E-state index in [-0.39, 0.29) is 4.84 Å². The Bertz CT molecular complexity index is 1030. The van der Waals surface area contributed by atoms with Gasteiger partial charge in [-0.2, -0.15) is 5.10 Å². The Morgan fingerprint density at radius 1 is 1.04 bits per heavy atom. The van der Waals surface area contributed by atoms with Gasteiger partial charge in [0.05, 0.1) is 11.4 Å². The molecular formula is C17H11ClN4OS. The number of benzene rings is 2. The molecule has 0 radical (unpaired) electrons. The summed E-state index contributed by atoms with van der Waals surface area (Å²) in [6.45, 7) is 0. The summed E-state index contributed by atoms with van der Waals surface area (Å²) in [6, 6.07) is 19.2. The molecule has 0 aliphatic rings. The average Bonchev–Trinajstić information content (AvgIpc) is 3.23. The topological polar surface area (TPSA) is 59.6 Å². The Balaban J connectivity index is 1.91. The van der Waals surface area contributed by atoms with Gasteiger partial charge in [-0.15, -0.1) is 5.10 Å². The number of nitrogens with one attached hydrogen (secondary N) is 1. The van der Waals surface area contributed by atoms with Crippen LogP contribution in [0.3, 0.4) is 0 Å². The molecule has 118 valence electrons. The molecular weight excluding hydrogens is 344 g/mol. The second kappa shape index (κ2) is 6.07. The Kier molecular flexibility index (Phi) is 3.76. The molecule has 0 saturated carbocycles. The van der Waals surface area contributed by atoms with Gasteiger partial charge in [-0.25, -0.2) is 9.78 Å². The van der Waals surface area contributed by atoms with Crippen molar-refractivity contribution in [3.05, 3.63) is 70.5 Å². The van der Waals surface area contributed by atoms with Crippen molar-refractivity contribution in [1.29, 1.82) is 0 Å². The fraction of sp³-hybridized carbons (Fsp3) is 0. The molecule has 0 fully saturated rings. The van der Waals surface area contributed by atoms with Gasteiger partial charge in [0.15, 0.2) is 0 Å². The predicted octanol–water partition coefficient (Wildman–Crippen LogP) is 4.91. The summed E-state index contributed by atoms with van der Waals surface area (Å²) in [4.78, 5) is 0.218. The van der Waals surface area contributed by atoms with Crippen molar-refractivity contribution in [1.82, 2.24) is 20.0 Å². The number of H-pyrrole nitrogens is 1. The van der Waals surface area contributed by atoms with Gasteiger partial charge in [0.1, 0.15) is 5.69 Å². The quantitative estimate of drug-likeness (QED) is 0.531. The molecule has 0 atom stereocenters. The Labute approximate surface area is 147 Å². The van der Waals surface area contributed by atoms with Gasteiger partial charge in [-0.05, 0) is 42.5 Å². The first kappa shape index (κ1) is 14.9. The molecule has 4 aromatic rings. The lowest BCUT2D eigenvalue weighted by Crippen LogP contribution is -1.99. The number of aromatic amines is 1. The van der Waals surface area contributed by atoms with Gasteiger partial charge in [-0.1, -0.05) is 41.9 Å². The molecule has 0 amide bonds. The molecule has 7 heteroatoms. The van der Waals surface area contributed by atoms with E-state index in [0.29, 0.717) is 16.6 Å². The van der Waals surface area contributed by atoms with Crippen molar-refractivity contribution in [2.45, 2.75) is 0 Å². The van der Waals surface area contributed by atoms with Gasteiger partial charge in [0.25, 0.3) is 10.7 Å². The minimum atomic E-state index is 0.218. The molecule has 2 aromatic heterocycles. The Morgan fingerprint density at radius 2 is 1.79 bits per heavy atom. The summed E-state index contributed by atoms with van der Waals surface area (Å²) < 4.78 is 7.22. The maximum absolute atomic E-state index is 5.98. The number of nitrogens with zero attached hydrogens (tertiary/aromatic N) is 3. The first-order chi connectivity index (χ1) is 11.7. The number of rotatable bonds is 3. The molecule has 5 nitrogen and oxygen atoms in total. The van der Waals surface area contributed by atoms with Crippen LogP contribution in [0.25, 0.3) is 28.5 Å². The second-order valence-electron chi connectivity index (χ2n) is 5.09. The number of hydrogen-bond donors (Lipinski definition) is 1. The van der Waals surface area contributed by atoms with Crippen LogP contribution in [0.5, 0.6) is 0 Å². The summed E-state index contributed by atoms with van der Waals surface area (Å²) in [5.41, 5.74) is 3.36. The van der Waals surface area contributed by atoms with Crippen LogP contribution >= 0.6 is 23.8 Å². The van der Waals surface area contributed by atoms with E-state index in [1.165, 1.54) is 0 Å². The first-order valence-corrected chi connectivity index (χ1v) is 7.97. The minimum absolute atomic E-state index is 0.218. The monoisotopic (exact) mass is 354 g/mol. The molecule has 0 bridgehead atoms. The summed E-state index contributed by atoms with van der Waals surface area (Å²) in [5.74, 6) is 0.379. The molecule has 1 N–H and O–H groups in total. The minimum Gasteiger partial charge on any atom is -0.408 e. The van der Waals surface area contributed by atoms with Crippen molar-refractivity contribution in [3.63, 3.8) is 0 Å². The molecule has 0 unspecified atom stereocenters. The maximum Gasteiger partial charge on any atom is 0.284 e. The van der Waals surface area contributed by atoms with E-state index in [2.05, 4.69) is 10.2 Å². The smallest absolute Gasteiger partial charge is 0.284 e. The second-order valence-corrected chi connectivity index (χ2v) is 5.89. The highest BCUT2D eigenvalue weighted by Crippen LogP contribution is 2.28. The van der Waals surface area contributed by atoms with E-state index in [0.717, 1.165) is 16.9 Å². The first-order valence-electron chi connectivity index (χ1n) is 7.18. The zero-order valence-electron chi connectivity index (χ0n) is 12.3. The largest absolute Gasteiger partial charge is 0.408 e. The van der Waals surface area contributed by atoms with Crippen molar-refractivity contribution < 1.29 is 4.42 Å². The lowest BCUT2D eigenvalue weighted by molar-refractivity contribution is 0.547. The van der Waals surface area contributed by atoms with E-state index in [1.807, 2.05) is 60.7 Å². The molecule has 24 heavy (non-hydrogen) atoms. The Hall–Kier alpha value is -2.70. The van der Waals surface area contributed by atoms with Crippen LogP contribution in [0.2, 0.25) is 5.02 Å². The summed E-state index contributed by atoms with van der Waals surface area (Å²) in [5, 5.41) is 12.1. The molecule has 0 aliphatic heterocycles. The normalized spacial score (nSPS) is 10.9. The molecule has 2 heterocycles. The van der Waals surface area contributed by atoms with E-state index < -0.39 is 0 Å². The summed E-state index contributed by atoms with van der Waals surface area (Å²) >= 11 is 11.0. The zero-order chi connectivity index (χ0) is 16.5. The van der Waals surface area contributed by atoms with Crippen LogP contribution in [0.1, 0.15) is 0 Å². The van der Waals surface area contributed by atoms with Gasteiger partial charge < -0.3 is 4.42 Å². The maximum atomic E-state index is 5.98. The highest BCUT2D eigenvalue weighted by molar-refractivity contribution is 7.71. The number of halogens is 1. The molecule has 0 saturated heterocycles. The van der Waals surface area contributed by atoms with E-state index in [1.54, 1.807) is 4.68 Å². The number of aromatic nitrogens is 4. The predicted molar refractivity (Wildman–Crippen MR) is 94.7 cm³/mol. The average molecular weight is 355 g/mol. The summed E-state index contributed by atoms with van der Waals surface area (Å²) in [7, 11) is 0. The van der Waals surface area contributed by atoms with Gasteiger partial charge >= 0.3 is 0 Å². The summed E-state index contributed by atoms with van der Waals surface area (Å²) in [6.07, 6.45) is 0. The van der Waals surface area contributed by atoms with Crippen molar-refractivity contribution in [2.24, 2.45) is 0 Å². The fourth-order valence-electron chi connectivity index (χ4n) is 2.40. The van der Waals surface area contributed by atoms with Crippen molar-refractivity contribution in [2.75, 3.05) is 0 Å². The van der Waals surface area contributed by atoms with Crippen molar-refractivity contribution in [3.8, 4) is 28.5 Å². The third-order valence-corrected chi connectivity index (χ3v) is 3.93. The van der Waals surface area contributed by atoms with E-state index in [4.69, 9.17) is 33.3 Å². The van der Waals surface area contributed by atoms with Crippen LogP contribution in [0, 0.1) is 4.84 Å². The van der Waals surface area contributed by atoms with E-state index >= 15 is 0 Å². The Morgan fingerprint density at radius 3 is 2.46 bits per heavy atom. The highest BCUT2D eigenvalue weighted by atomic mass is 35.5. The van der Waals surface area contributed by atoms with Gasteiger partial charge in [0.2, 0.25) is 0 Å². The molecule has 0 aliphatic carbocycles. The van der Waals surface area contributed by atoms with Gasteiger partial charge in [0, 0.05) is 10.6 Å². The third-order valence-electron chi connectivity index (χ3n) is 3.51. The van der Waals surface area contributed by atoms with Crippen molar-refractivity contribution >= 4 is 23.8 Å². The van der Waals surface area contributed by atoms with Gasteiger partial charge in [-0.3, -0.25) is 0 Å². The lowest BCUT2D eigenvalue weighted by atomic mass is 10.1. The van der Waals surface area contributed by atoms with Crippen LogP contribution in [0.15, 0.2) is 65.1 Å². The fourth-order valence-corrected chi connectivity index (χ4v) is 2.65. The van der Waals surface area contributed by atoms with Crippen LogP contribution < -0.4 is 0 Å². The van der Waals surface area contributed by atoms with Crippen LogP contribution in [-0.4, -0.2) is 20.0 Å². The highest BCUT2D eigenvalue weighted by Gasteiger charge is 2.16. The molecule has 0 spiro atoms. The molecule has 4 rings (SSSR count). The van der Waals surface area contributed by atoms with Crippen LogP contribution in [0.4, 0.5) is 0 Å².